The van der Waals surface area contributed by atoms with Crippen LogP contribution in [-0.4, -0.2) is 23.9 Å². The molecule has 1 saturated heterocycles. The van der Waals surface area contributed by atoms with Gasteiger partial charge in [0, 0.05) is 32.1 Å². The molecule has 80 valence electrons. The number of aromatic nitrogens is 1. The summed E-state index contributed by atoms with van der Waals surface area (Å²) in [6.45, 7) is 1.38. The Hall–Kier alpha value is -0.800. The number of rotatable bonds is 1. The van der Waals surface area contributed by atoms with Gasteiger partial charge in [-0.2, -0.15) is 0 Å². The van der Waals surface area contributed by atoms with E-state index in [0.29, 0.717) is 47.6 Å². The number of hydrogen-bond donors (Lipinski definition) is 0. The highest BCUT2D eigenvalue weighted by molar-refractivity contribution is 6.36. The normalized spacial score (nSPS) is 16.9. The maximum atomic E-state index is 11.1. The van der Waals surface area contributed by atoms with Crippen LogP contribution in [0.25, 0.3) is 0 Å². The van der Waals surface area contributed by atoms with Crippen LogP contribution in [-0.2, 0) is 4.79 Å². The molecule has 0 saturated carbocycles. The molecule has 0 bridgehead atoms. The minimum atomic E-state index is 0.302. The first-order valence-electron chi connectivity index (χ1n) is 4.74. The second-order valence-electron chi connectivity index (χ2n) is 3.48. The second-order valence-corrected chi connectivity index (χ2v) is 4.33. The molecule has 1 aromatic heterocycles. The zero-order chi connectivity index (χ0) is 10.8. The van der Waals surface area contributed by atoms with E-state index in [2.05, 4.69) is 4.98 Å². The third kappa shape index (κ3) is 2.41. The predicted molar refractivity (Wildman–Crippen MR) is 60.7 cm³/mol. The fraction of sp³-hybridized carbons (Fsp3) is 0.400. The largest absolute Gasteiger partial charge is 0.355 e. The summed E-state index contributed by atoms with van der Waals surface area (Å²) in [5.74, 6) is 1.02. The van der Waals surface area contributed by atoms with Crippen molar-refractivity contribution in [3.05, 3.63) is 22.3 Å². The number of nitrogens with zero attached hydrogens (tertiary/aromatic N) is 2. The van der Waals surface area contributed by atoms with Gasteiger partial charge in [-0.1, -0.05) is 23.2 Å². The van der Waals surface area contributed by atoms with Crippen molar-refractivity contribution in [2.24, 2.45) is 0 Å². The van der Waals surface area contributed by atoms with Crippen molar-refractivity contribution >= 4 is 34.8 Å². The highest BCUT2D eigenvalue weighted by Gasteiger charge is 2.19. The Kier molecular flexibility index (Phi) is 3.12. The van der Waals surface area contributed by atoms with Crippen molar-refractivity contribution in [3.63, 3.8) is 0 Å². The van der Waals surface area contributed by atoms with Crippen molar-refractivity contribution in [2.45, 2.75) is 12.8 Å². The molecule has 0 aromatic carbocycles. The van der Waals surface area contributed by atoms with Gasteiger partial charge in [0.1, 0.15) is 11.6 Å². The summed E-state index contributed by atoms with van der Waals surface area (Å²) in [6, 6.07) is 1.67. The van der Waals surface area contributed by atoms with E-state index < -0.39 is 0 Å². The van der Waals surface area contributed by atoms with Gasteiger partial charge in [-0.25, -0.2) is 4.98 Å². The molecule has 2 heterocycles. The summed E-state index contributed by atoms with van der Waals surface area (Å²) in [7, 11) is 0. The molecule has 1 aromatic rings. The van der Waals surface area contributed by atoms with Gasteiger partial charge in [0.15, 0.2) is 0 Å². The van der Waals surface area contributed by atoms with Gasteiger partial charge >= 0.3 is 0 Å². The van der Waals surface area contributed by atoms with Crippen LogP contribution in [0.3, 0.4) is 0 Å². The van der Waals surface area contributed by atoms with Crippen LogP contribution in [0.1, 0.15) is 12.8 Å². The van der Waals surface area contributed by atoms with Crippen molar-refractivity contribution in [2.75, 3.05) is 18.0 Å². The minimum absolute atomic E-state index is 0.302. The lowest BCUT2D eigenvalue weighted by atomic mass is 10.1. The van der Waals surface area contributed by atoms with Crippen LogP contribution in [0.2, 0.25) is 10.0 Å². The third-order valence-electron chi connectivity index (χ3n) is 2.41. The zero-order valence-electron chi connectivity index (χ0n) is 8.04. The van der Waals surface area contributed by atoms with Crippen molar-refractivity contribution in [1.29, 1.82) is 0 Å². The molecule has 1 aliphatic heterocycles. The lowest BCUT2D eigenvalue weighted by Gasteiger charge is -2.27. The number of hydrogen-bond acceptors (Lipinski definition) is 3. The summed E-state index contributed by atoms with van der Waals surface area (Å²) in [5, 5.41) is 1.06. The number of carbonyl (C=O) groups excluding carboxylic acids is 1. The van der Waals surface area contributed by atoms with Gasteiger partial charge in [0.25, 0.3) is 0 Å². The molecule has 2 rings (SSSR count). The van der Waals surface area contributed by atoms with E-state index in [1.165, 1.54) is 0 Å². The van der Waals surface area contributed by atoms with Crippen LogP contribution in [0.15, 0.2) is 12.3 Å². The molecule has 5 heteroatoms. The number of halogens is 2. The lowest BCUT2D eigenvalue weighted by Crippen LogP contribution is -2.34. The number of ketones is 1. The molecule has 0 unspecified atom stereocenters. The molecule has 3 nitrogen and oxygen atoms in total. The van der Waals surface area contributed by atoms with Gasteiger partial charge < -0.3 is 4.90 Å². The molecule has 15 heavy (non-hydrogen) atoms. The second kappa shape index (κ2) is 4.37. The molecular weight excluding hydrogens is 235 g/mol. The van der Waals surface area contributed by atoms with Crippen molar-refractivity contribution < 1.29 is 4.79 Å². The van der Waals surface area contributed by atoms with E-state index >= 15 is 0 Å². The molecule has 0 radical (unpaired) electrons. The van der Waals surface area contributed by atoms with E-state index in [1.807, 2.05) is 4.90 Å². The molecule has 0 amide bonds. The Labute approximate surface area is 98.0 Å². The number of pyridine rings is 1. The highest BCUT2D eigenvalue weighted by Crippen LogP contribution is 2.27. The smallest absolute Gasteiger partial charge is 0.147 e. The van der Waals surface area contributed by atoms with Crippen LogP contribution >= 0.6 is 23.2 Å². The van der Waals surface area contributed by atoms with E-state index in [-0.39, 0.29) is 0 Å². The zero-order valence-corrected chi connectivity index (χ0v) is 9.55. The van der Waals surface area contributed by atoms with Gasteiger partial charge in [0.2, 0.25) is 0 Å². The van der Waals surface area contributed by atoms with Crippen LogP contribution in [0.4, 0.5) is 5.82 Å². The van der Waals surface area contributed by atoms with E-state index in [9.17, 15) is 4.79 Å². The maximum Gasteiger partial charge on any atom is 0.147 e. The lowest BCUT2D eigenvalue weighted by molar-refractivity contribution is -0.119. The fourth-order valence-corrected chi connectivity index (χ4v) is 2.11. The van der Waals surface area contributed by atoms with Crippen LogP contribution in [0, 0.1) is 0 Å². The first kappa shape index (κ1) is 10.7. The van der Waals surface area contributed by atoms with Gasteiger partial charge in [0.05, 0.1) is 10.0 Å². The summed E-state index contributed by atoms with van der Waals surface area (Å²) in [4.78, 5) is 17.3. The predicted octanol–water partition coefficient (Wildman–Crippen LogP) is 2.56. The fourth-order valence-electron chi connectivity index (χ4n) is 1.61. The molecule has 1 fully saturated rings. The topological polar surface area (TPSA) is 33.2 Å². The monoisotopic (exact) mass is 244 g/mol. The third-order valence-corrected chi connectivity index (χ3v) is 2.89. The maximum absolute atomic E-state index is 11.1. The average molecular weight is 245 g/mol. The van der Waals surface area contributed by atoms with Gasteiger partial charge in [-0.15, -0.1) is 0 Å². The van der Waals surface area contributed by atoms with Crippen LogP contribution < -0.4 is 4.90 Å². The summed E-state index contributed by atoms with van der Waals surface area (Å²) >= 11 is 11.8. The Morgan fingerprint density at radius 2 is 1.93 bits per heavy atom. The summed E-state index contributed by atoms with van der Waals surface area (Å²) in [5.41, 5.74) is 0. The standard InChI is InChI=1S/C10H10Cl2N2O/c11-7-5-9(12)10(13-6-7)14-3-1-8(15)2-4-14/h5-6H,1-4H2. The van der Waals surface area contributed by atoms with E-state index in [4.69, 9.17) is 23.2 Å². The first-order chi connectivity index (χ1) is 7.16. The minimum Gasteiger partial charge on any atom is -0.355 e. The van der Waals surface area contributed by atoms with E-state index in [0.717, 1.165) is 0 Å². The molecule has 1 aliphatic rings. The molecule has 0 N–H and O–H groups in total. The first-order valence-corrected chi connectivity index (χ1v) is 5.50. The Morgan fingerprint density at radius 1 is 1.27 bits per heavy atom. The molecule has 0 aliphatic carbocycles. The average Bonchev–Trinajstić information content (AvgIpc) is 2.20. The summed E-state index contributed by atoms with van der Waals surface area (Å²) < 4.78 is 0. The SMILES string of the molecule is O=C1CCN(c2ncc(Cl)cc2Cl)CC1. The number of Topliss-reactive ketones (excluding diaryl/α,β-unsaturated/α-hetero) is 1. The molecule has 0 spiro atoms. The van der Waals surface area contributed by atoms with Crippen LogP contribution in [0.5, 0.6) is 0 Å². The Bertz CT molecular complexity index is 385. The highest BCUT2D eigenvalue weighted by atomic mass is 35.5. The Morgan fingerprint density at radius 3 is 2.53 bits per heavy atom. The Balaban J connectivity index is 2.19. The van der Waals surface area contributed by atoms with Gasteiger partial charge in [-0.05, 0) is 6.07 Å². The molecular formula is C10H10Cl2N2O. The quantitative estimate of drug-likeness (QED) is 0.762. The van der Waals surface area contributed by atoms with Crippen molar-refractivity contribution in [3.8, 4) is 0 Å². The van der Waals surface area contributed by atoms with Crippen molar-refractivity contribution in [1.82, 2.24) is 4.98 Å². The number of carbonyl (C=O) groups is 1. The summed E-state index contributed by atoms with van der Waals surface area (Å²) in [6.07, 6.45) is 2.71. The number of piperidine rings is 1. The van der Waals surface area contributed by atoms with E-state index in [1.54, 1.807) is 12.3 Å². The number of anilines is 1. The molecule has 0 atom stereocenters. The van der Waals surface area contributed by atoms with Gasteiger partial charge in [-0.3, -0.25) is 4.79 Å².